The second-order valence-electron chi connectivity index (χ2n) is 7.84. The molecule has 0 saturated heterocycles. The predicted octanol–water partition coefficient (Wildman–Crippen LogP) is 5.98. The number of carbonyl (C=O) groups excluding carboxylic acids is 3. The Labute approximate surface area is 214 Å². The third-order valence-corrected chi connectivity index (χ3v) is 4.37. The first-order valence-corrected chi connectivity index (χ1v) is 11.0. The molecule has 0 aliphatic heterocycles. The standard InChI is InChI=1S/C15H18ClNO4.C10H10ClNO2/c1-15(2,3)21-14(19)17-12-9-11(16)7-5-10(12)6-8-13(18)20-4;1-14-10(13)5-3-7-2-4-8(11)6-9(7)12/h5-9H,1-4H3,(H,17,19);2-6H,12H2,1H3/b8-6+;5-3+. The minimum atomic E-state index is -0.606. The van der Waals surface area contributed by atoms with Crippen molar-refractivity contribution in [3.63, 3.8) is 0 Å². The molecule has 2 aromatic rings. The molecule has 0 aliphatic rings. The molecular weight excluding hydrogens is 495 g/mol. The van der Waals surface area contributed by atoms with Crippen LogP contribution in [0.4, 0.5) is 16.2 Å². The number of hydrogen-bond donors (Lipinski definition) is 2. The van der Waals surface area contributed by atoms with Crippen LogP contribution in [0.2, 0.25) is 10.0 Å². The van der Waals surface area contributed by atoms with Crippen molar-refractivity contribution < 1.29 is 28.6 Å². The largest absolute Gasteiger partial charge is 0.466 e. The number of carbonyl (C=O) groups is 3. The number of hydrogen-bond acceptors (Lipinski definition) is 7. The number of amides is 1. The van der Waals surface area contributed by atoms with Crippen molar-refractivity contribution in [2.75, 3.05) is 25.3 Å². The first kappa shape index (κ1) is 29.5. The lowest BCUT2D eigenvalue weighted by molar-refractivity contribution is -0.135. The number of rotatable bonds is 5. The van der Waals surface area contributed by atoms with Gasteiger partial charge in [-0.2, -0.15) is 0 Å². The fourth-order valence-electron chi connectivity index (χ4n) is 2.34. The molecule has 188 valence electrons. The van der Waals surface area contributed by atoms with Gasteiger partial charge < -0.3 is 19.9 Å². The first-order valence-electron chi connectivity index (χ1n) is 10.2. The third kappa shape index (κ3) is 12.0. The Balaban J connectivity index is 0.000000379. The van der Waals surface area contributed by atoms with E-state index in [9.17, 15) is 14.4 Å². The van der Waals surface area contributed by atoms with Crippen molar-refractivity contribution in [1.82, 2.24) is 0 Å². The summed E-state index contributed by atoms with van der Waals surface area (Å²) >= 11 is 11.6. The van der Waals surface area contributed by atoms with Crippen LogP contribution >= 0.6 is 23.2 Å². The quantitative estimate of drug-likeness (QED) is 0.214. The highest BCUT2D eigenvalue weighted by atomic mass is 35.5. The summed E-state index contributed by atoms with van der Waals surface area (Å²) in [7, 11) is 2.60. The van der Waals surface area contributed by atoms with Crippen LogP contribution in [0.3, 0.4) is 0 Å². The summed E-state index contributed by atoms with van der Waals surface area (Å²) in [5.74, 6) is -0.910. The number of esters is 2. The molecule has 2 aromatic carbocycles. The van der Waals surface area contributed by atoms with Crippen LogP contribution in [-0.2, 0) is 23.8 Å². The Hall–Kier alpha value is -3.49. The Kier molecular flexibility index (Phi) is 11.8. The van der Waals surface area contributed by atoms with Crippen molar-refractivity contribution >= 4 is 64.8 Å². The van der Waals surface area contributed by atoms with Crippen LogP contribution in [0.1, 0.15) is 31.9 Å². The Bertz CT molecular complexity index is 1110. The molecule has 0 atom stereocenters. The van der Waals surface area contributed by atoms with E-state index in [1.165, 1.54) is 32.4 Å². The number of ether oxygens (including phenoxy) is 3. The van der Waals surface area contributed by atoms with Gasteiger partial charge in [-0.1, -0.05) is 35.3 Å². The molecule has 0 aliphatic carbocycles. The molecule has 8 nitrogen and oxygen atoms in total. The minimum Gasteiger partial charge on any atom is -0.466 e. The molecule has 35 heavy (non-hydrogen) atoms. The Morgan fingerprint density at radius 1 is 0.857 bits per heavy atom. The van der Waals surface area contributed by atoms with Gasteiger partial charge in [0.05, 0.1) is 19.9 Å². The highest BCUT2D eigenvalue weighted by molar-refractivity contribution is 6.31. The maximum atomic E-state index is 11.8. The minimum absolute atomic E-state index is 0.417. The third-order valence-electron chi connectivity index (χ3n) is 3.90. The van der Waals surface area contributed by atoms with Crippen LogP contribution in [0, 0.1) is 0 Å². The van der Waals surface area contributed by atoms with E-state index in [2.05, 4.69) is 14.8 Å². The Morgan fingerprint density at radius 3 is 1.83 bits per heavy atom. The monoisotopic (exact) mass is 522 g/mol. The fraction of sp³-hybridized carbons (Fsp3) is 0.240. The smallest absolute Gasteiger partial charge is 0.412 e. The van der Waals surface area contributed by atoms with E-state index in [1.54, 1.807) is 63.2 Å². The highest BCUT2D eigenvalue weighted by Crippen LogP contribution is 2.23. The van der Waals surface area contributed by atoms with Gasteiger partial charge in [-0.05, 0) is 68.3 Å². The molecule has 10 heteroatoms. The summed E-state index contributed by atoms with van der Waals surface area (Å²) in [5, 5.41) is 3.62. The van der Waals surface area contributed by atoms with E-state index >= 15 is 0 Å². The summed E-state index contributed by atoms with van der Waals surface area (Å²) in [4.78, 5) is 33.7. The fourth-order valence-corrected chi connectivity index (χ4v) is 2.70. The maximum Gasteiger partial charge on any atom is 0.412 e. The van der Waals surface area contributed by atoms with Crippen LogP contribution in [-0.4, -0.2) is 37.9 Å². The van der Waals surface area contributed by atoms with Crippen LogP contribution in [0.15, 0.2) is 48.6 Å². The lowest BCUT2D eigenvalue weighted by Gasteiger charge is -2.20. The predicted molar refractivity (Wildman–Crippen MR) is 139 cm³/mol. The summed E-state index contributed by atoms with van der Waals surface area (Å²) in [6, 6.07) is 9.96. The van der Waals surface area contributed by atoms with Crippen LogP contribution in [0.25, 0.3) is 12.2 Å². The molecule has 0 bridgehead atoms. The van der Waals surface area contributed by atoms with Crippen molar-refractivity contribution in [3.8, 4) is 0 Å². The van der Waals surface area contributed by atoms with Gasteiger partial charge >= 0.3 is 18.0 Å². The second kappa shape index (κ2) is 14.0. The van der Waals surface area contributed by atoms with Gasteiger partial charge in [0.1, 0.15) is 5.60 Å². The molecule has 0 saturated carbocycles. The van der Waals surface area contributed by atoms with Gasteiger partial charge in [-0.25, -0.2) is 14.4 Å². The first-order chi connectivity index (χ1) is 16.3. The van der Waals surface area contributed by atoms with Gasteiger partial charge in [0, 0.05) is 27.9 Å². The van der Waals surface area contributed by atoms with Crippen molar-refractivity contribution in [2.45, 2.75) is 26.4 Å². The zero-order valence-corrected chi connectivity index (χ0v) is 21.6. The molecule has 3 N–H and O–H groups in total. The summed E-state index contributed by atoms with van der Waals surface area (Å²) < 4.78 is 14.1. The average molecular weight is 523 g/mol. The van der Waals surface area contributed by atoms with E-state index < -0.39 is 23.6 Å². The molecule has 0 fully saturated rings. The van der Waals surface area contributed by atoms with Crippen molar-refractivity contribution in [3.05, 3.63) is 69.7 Å². The molecule has 0 spiro atoms. The molecular formula is C25H28Cl2N2O6. The van der Waals surface area contributed by atoms with Crippen LogP contribution in [0.5, 0.6) is 0 Å². The molecule has 1 amide bonds. The van der Waals surface area contributed by atoms with Crippen molar-refractivity contribution in [1.29, 1.82) is 0 Å². The summed E-state index contributed by atoms with van der Waals surface area (Å²) in [6.45, 7) is 5.30. The number of benzene rings is 2. The second-order valence-corrected chi connectivity index (χ2v) is 8.72. The van der Waals surface area contributed by atoms with E-state index in [1.807, 2.05) is 0 Å². The molecule has 0 aromatic heterocycles. The van der Waals surface area contributed by atoms with E-state index in [-0.39, 0.29) is 0 Å². The lowest BCUT2D eigenvalue weighted by atomic mass is 10.1. The molecule has 0 heterocycles. The number of nitrogens with two attached hydrogens (primary N) is 1. The van der Waals surface area contributed by atoms with Gasteiger partial charge in [0.15, 0.2) is 0 Å². The van der Waals surface area contributed by atoms with Gasteiger partial charge in [0.2, 0.25) is 0 Å². The van der Waals surface area contributed by atoms with E-state index in [4.69, 9.17) is 33.7 Å². The number of halogens is 2. The average Bonchev–Trinajstić information content (AvgIpc) is 2.76. The molecule has 0 radical (unpaired) electrons. The maximum absolute atomic E-state index is 11.8. The normalized spacial score (nSPS) is 10.9. The van der Waals surface area contributed by atoms with E-state index in [0.29, 0.717) is 27.0 Å². The van der Waals surface area contributed by atoms with E-state index in [0.717, 1.165) is 5.56 Å². The zero-order valence-electron chi connectivity index (χ0n) is 20.1. The van der Waals surface area contributed by atoms with Crippen LogP contribution < -0.4 is 11.1 Å². The summed E-state index contributed by atoms with van der Waals surface area (Å²) in [6.07, 6.45) is 5.06. The van der Waals surface area contributed by atoms with Gasteiger partial charge in [-0.15, -0.1) is 0 Å². The topological polar surface area (TPSA) is 117 Å². The molecule has 2 rings (SSSR count). The zero-order chi connectivity index (χ0) is 26.6. The summed E-state index contributed by atoms with van der Waals surface area (Å²) in [5.41, 5.74) is 7.36. The Morgan fingerprint density at radius 2 is 1.34 bits per heavy atom. The number of nitrogen functional groups attached to an aromatic ring is 1. The number of anilines is 2. The highest BCUT2D eigenvalue weighted by Gasteiger charge is 2.17. The number of nitrogens with one attached hydrogen (secondary N) is 1. The number of methoxy groups -OCH3 is 2. The molecule has 0 unspecified atom stereocenters. The van der Waals surface area contributed by atoms with Gasteiger partial charge in [0.25, 0.3) is 0 Å². The van der Waals surface area contributed by atoms with Gasteiger partial charge in [-0.3, -0.25) is 5.32 Å². The SMILES string of the molecule is COC(=O)/C=C/c1ccc(Cl)cc1N.COC(=O)/C=C/c1ccc(Cl)cc1NC(=O)OC(C)(C)C. The van der Waals surface area contributed by atoms with Crippen molar-refractivity contribution in [2.24, 2.45) is 0 Å². The lowest BCUT2D eigenvalue weighted by Crippen LogP contribution is -2.27.